The van der Waals surface area contributed by atoms with E-state index in [1.54, 1.807) is 0 Å². The van der Waals surface area contributed by atoms with Crippen molar-refractivity contribution in [1.29, 1.82) is 0 Å². The molecule has 0 aromatic rings. The van der Waals surface area contributed by atoms with E-state index < -0.39 is 5.60 Å². The van der Waals surface area contributed by atoms with E-state index in [0.717, 1.165) is 13.0 Å². The Balaban J connectivity index is 1.84. The highest BCUT2D eigenvalue weighted by Gasteiger charge is 2.59. The molecule has 2 rings (SSSR count). The molecule has 1 heterocycles. The van der Waals surface area contributed by atoms with Gasteiger partial charge in [0.1, 0.15) is 5.60 Å². The molecule has 4 nitrogen and oxygen atoms in total. The molecule has 4 heteroatoms. The van der Waals surface area contributed by atoms with Gasteiger partial charge in [0.15, 0.2) is 0 Å². The lowest BCUT2D eigenvalue weighted by Gasteiger charge is -2.22. The van der Waals surface area contributed by atoms with Crippen molar-refractivity contribution >= 4 is 6.09 Å². The van der Waals surface area contributed by atoms with Crippen molar-refractivity contribution in [2.24, 2.45) is 5.92 Å². The first-order valence-electron chi connectivity index (χ1n) is 5.00. The molecule has 0 bridgehead atoms. The minimum Gasteiger partial charge on any atom is -0.444 e. The van der Waals surface area contributed by atoms with Crippen LogP contribution in [0.2, 0.25) is 0 Å². The summed E-state index contributed by atoms with van der Waals surface area (Å²) in [6.45, 7) is 6.99. The van der Waals surface area contributed by atoms with Gasteiger partial charge in [0.2, 0.25) is 0 Å². The number of rotatable bonds is 1. The van der Waals surface area contributed by atoms with Crippen molar-refractivity contribution in [2.45, 2.75) is 38.3 Å². The molecule has 1 saturated heterocycles. The lowest BCUT2D eigenvalue weighted by molar-refractivity contribution is 0.0475. The minimum absolute atomic E-state index is 0.0949. The fraction of sp³-hybridized carbons (Fsp3) is 0.900. The molecule has 0 aromatic carbocycles. The molecule has 1 N–H and O–H groups in total. The molecule has 2 atom stereocenters. The molecular formula is C10H17NO3. The van der Waals surface area contributed by atoms with Gasteiger partial charge in [-0.15, -0.1) is 0 Å². The van der Waals surface area contributed by atoms with Crippen LogP contribution < -0.4 is 5.32 Å². The van der Waals surface area contributed by atoms with Crippen LogP contribution in [-0.4, -0.2) is 30.4 Å². The Morgan fingerprint density at radius 1 is 1.57 bits per heavy atom. The smallest absolute Gasteiger partial charge is 0.408 e. The summed E-state index contributed by atoms with van der Waals surface area (Å²) in [7, 11) is 0. The zero-order valence-electron chi connectivity index (χ0n) is 8.92. The van der Waals surface area contributed by atoms with Gasteiger partial charge in [-0.2, -0.15) is 0 Å². The van der Waals surface area contributed by atoms with E-state index in [9.17, 15) is 4.79 Å². The van der Waals surface area contributed by atoms with Gasteiger partial charge >= 0.3 is 6.09 Å². The van der Waals surface area contributed by atoms with Crippen LogP contribution in [0.1, 0.15) is 27.2 Å². The minimum atomic E-state index is -0.426. The molecule has 2 fully saturated rings. The Kier molecular flexibility index (Phi) is 2.00. The van der Waals surface area contributed by atoms with Crippen LogP contribution in [0.15, 0.2) is 0 Å². The van der Waals surface area contributed by atoms with Crippen molar-refractivity contribution in [3.63, 3.8) is 0 Å². The van der Waals surface area contributed by atoms with Crippen LogP contribution in [0, 0.1) is 5.92 Å². The van der Waals surface area contributed by atoms with Crippen LogP contribution in [0.25, 0.3) is 0 Å². The quantitative estimate of drug-likeness (QED) is 0.692. The molecule has 1 saturated carbocycles. The number of nitrogens with one attached hydrogen (secondary N) is 1. The second-order valence-corrected chi connectivity index (χ2v) is 5.20. The number of hydrogen-bond acceptors (Lipinski definition) is 3. The zero-order chi connectivity index (χ0) is 10.4. The highest BCUT2D eigenvalue weighted by atomic mass is 16.6. The van der Waals surface area contributed by atoms with Crippen LogP contribution in [0.4, 0.5) is 4.79 Å². The third-order valence-corrected chi connectivity index (χ3v) is 2.66. The molecule has 0 spiro atoms. The van der Waals surface area contributed by atoms with Gasteiger partial charge in [0.25, 0.3) is 0 Å². The third kappa shape index (κ3) is 1.85. The number of fused-ring (bicyclic) bond motifs is 1. The fourth-order valence-electron chi connectivity index (χ4n) is 1.86. The topological polar surface area (TPSA) is 47.6 Å². The number of alkyl carbamates (subject to hydrolysis) is 1. The Bertz CT molecular complexity index is 259. The van der Waals surface area contributed by atoms with Crippen LogP contribution >= 0.6 is 0 Å². The zero-order valence-corrected chi connectivity index (χ0v) is 8.92. The Morgan fingerprint density at radius 3 is 2.71 bits per heavy atom. The van der Waals surface area contributed by atoms with Crippen molar-refractivity contribution in [2.75, 3.05) is 13.2 Å². The largest absolute Gasteiger partial charge is 0.444 e. The molecule has 0 unspecified atom stereocenters. The van der Waals surface area contributed by atoms with Crippen molar-refractivity contribution in [3.8, 4) is 0 Å². The van der Waals surface area contributed by atoms with E-state index in [4.69, 9.17) is 9.47 Å². The number of amides is 1. The van der Waals surface area contributed by atoms with Gasteiger partial charge in [0.05, 0.1) is 18.8 Å². The maximum Gasteiger partial charge on any atom is 0.408 e. The first kappa shape index (κ1) is 9.77. The first-order valence-corrected chi connectivity index (χ1v) is 5.00. The molecule has 1 aliphatic heterocycles. The van der Waals surface area contributed by atoms with E-state index in [2.05, 4.69) is 5.32 Å². The van der Waals surface area contributed by atoms with E-state index in [1.165, 1.54) is 0 Å². The summed E-state index contributed by atoms with van der Waals surface area (Å²) < 4.78 is 10.5. The van der Waals surface area contributed by atoms with E-state index in [1.807, 2.05) is 20.8 Å². The standard InChI is InChI=1S/C10H17NO3/c1-9(2,3)14-8(12)11-10-4-7(10)5-13-6-10/h7H,4-6H2,1-3H3,(H,11,12)/t7-,10-/m0/s1. The molecule has 0 radical (unpaired) electrons. The molecular weight excluding hydrogens is 182 g/mol. The summed E-state index contributed by atoms with van der Waals surface area (Å²) in [5, 5.41) is 2.90. The van der Waals surface area contributed by atoms with Gasteiger partial charge in [-0.3, -0.25) is 0 Å². The van der Waals surface area contributed by atoms with Crippen molar-refractivity contribution in [3.05, 3.63) is 0 Å². The predicted octanol–water partition coefficient (Wildman–Crippen LogP) is 1.30. The summed E-state index contributed by atoms with van der Waals surface area (Å²) in [4.78, 5) is 11.5. The van der Waals surface area contributed by atoms with Crippen molar-refractivity contribution < 1.29 is 14.3 Å². The summed E-state index contributed by atoms with van der Waals surface area (Å²) in [5.74, 6) is 0.509. The summed E-state index contributed by atoms with van der Waals surface area (Å²) >= 11 is 0. The number of carbonyl (C=O) groups is 1. The molecule has 1 aliphatic carbocycles. The van der Waals surface area contributed by atoms with E-state index in [-0.39, 0.29) is 11.6 Å². The Labute approximate surface area is 84.0 Å². The third-order valence-electron chi connectivity index (χ3n) is 2.66. The van der Waals surface area contributed by atoms with Gasteiger partial charge < -0.3 is 14.8 Å². The average Bonchev–Trinajstić information content (AvgIpc) is 2.48. The number of ether oxygens (including phenoxy) is 2. The van der Waals surface area contributed by atoms with E-state index >= 15 is 0 Å². The highest BCUT2D eigenvalue weighted by molar-refractivity contribution is 5.69. The predicted molar refractivity (Wildman–Crippen MR) is 51.0 cm³/mol. The normalized spacial score (nSPS) is 34.9. The average molecular weight is 199 g/mol. The van der Waals surface area contributed by atoms with Gasteiger partial charge in [-0.05, 0) is 27.2 Å². The SMILES string of the molecule is CC(C)(C)OC(=O)N[C@@]12COC[C@@H]1C2. The molecule has 1 amide bonds. The van der Waals surface area contributed by atoms with Gasteiger partial charge in [-0.1, -0.05) is 0 Å². The van der Waals surface area contributed by atoms with Crippen LogP contribution in [0.3, 0.4) is 0 Å². The maximum atomic E-state index is 11.5. The summed E-state index contributed by atoms with van der Waals surface area (Å²) in [6, 6.07) is 0. The van der Waals surface area contributed by atoms with Gasteiger partial charge in [-0.25, -0.2) is 4.79 Å². The second-order valence-electron chi connectivity index (χ2n) is 5.20. The Morgan fingerprint density at radius 2 is 2.29 bits per heavy atom. The van der Waals surface area contributed by atoms with Crippen molar-refractivity contribution in [1.82, 2.24) is 5.32 Å². The van der Waals surface area contributed by atoms with E-state index in [0.29, 0.717) is 12.5 Å². The fourth-order valence-corrected chi connectivity index (χ4v) is 1.86. The van der Waals surface area contributed by atoms with Gasteiger partial charge in [0, 0.05) is 5.92 Å². The molecule has 2 aliphatic rings. The molecule has 14 heavy (non-hydrogen) atoms. The lowest BCUT2D eigenvalue weighted by Crippen LogP contribution is -2.42. The summed E-state index contributed by atoms with van der Waals surface area (Å²) in [6.07, 6.45) is 0.706. The maximum absolute atomic E-state index is 11.5. The first-order chi connectivity index (χ1) is 6.41. The number of hydrogen-bond donors (Lipinski definition) is 1. The lowest BCUT2D eigenvalue weighted by atomic mass is 10.2. The van der Waals surface area contributed by atoms with Crippen LogP contribution in [-0.2, 0) is 9.47 Å². The summed E-state index contributed by atoms with van der Waals surface area (Å²) in [5.41, 5.74) is -0.521. The van der Waals surface area contributed by atoms with Crippen LogP contribution in [0.5, 0.6) is 0 Å². The Hall–Kier alpha value is -0.770. The second kappa shape index (κ2) is 2.86. The highest BCUT2D eigenvalue weighted by Crippen LogP contribution is 2.48. The number of carbonyl (C=O) groups excluding carboxylic acids is 1. The monoisotopic (exact) mass is 199 g/mol. The molecule has 0 aromatic heterocycles. The molecule has 80 valence electrons.